The van der Waals surface area contributed by atoms with Gasteiger partial charge in [-0.15, -0.1) is 0 Å². The summed E-state index contributed by atoms with van der Waals surface area (Å²) in [6, 6.07) is 10.1. The minimum Gasteiger partial charge on any atom is -0.458 e. The molecule has 92 valence electrons. The molecule has 0 saturated carbocycles. The van der Waals surface area contributed by atoms with Crippen molar-refractivity contribution in [1.29, 1.82) is 0 Å². The van der Waals surface area contributed by atoms with Crippen molar-refractivity contribution in [3.63, 3.8) is 0 Å². The van der Waals surface area contributed by atoms with Crippen molar-refractivity contribution >= 4 is 5.76 Å². The second-order valence-corrected chi connectivity index (χ2v) is 4.53. The van der Waals surface area contributed by atoms with Gasteiger partial charge in [-0.2, -0.15) is 0 Å². The van der Waals surface area contributed by atoms with Gasteiger partial charge in [0, 0.05) is 12.0 Å². The van der Waals surface area contributed by atoms with E-state index >= 15 is 0 Å². The molecule has 0 fully saturated rings. The Labute approximate surface area is 107 Å². The van der Waals surface area contributed by atoms with E-state index in [4.69, 9.17) is 9.47 Å². The fourth-order valence-corrected chi connectivity index (χ4v) is 2.20. The molecule has 1 unspecified atom stereocenters. The Balaban J connectivity index is 1.61. The molecule has 0 saturated heterocycles. The van der Waals surface area contributed by atoms with E-state index in [2.05, 4.69) is 18.2 Å². The second kappa shape index (κ2) is 5.13. The van der Waals surface area contributed by atoms with E-state index in [9.17, 15) is 0 Å². The molecule has 0 amide bonds. The van der Waals surface area contributed by atoms with E-state index < -0.39 is 0 Å². The van der Waals surface area contributed by atoms with Crippen molar-refractivity contribution in [1.82, 2.24) is 0 Å². The van der Waals surface area contributed by atoms with Crippen molar-refractivity contribution in [2.75, 3.05) is 0 Å². The normalized spacial score (nSPS) is 21.9. The van der Waals surface area contributed by atoms with Crippen molar-refractivity contribution in [2.45, 2.75) is 25.6 Å². The maximum Gasteiger partial charge on any atom is 0.244 e. The Morgan fingerprint density at radius 2 is 2.06 bits per heavy atom. The standard InChI is InChI=1S/C16H16O2/c1-3-7-13(8-4-1)11-16-17-12-15(18-16)14-9-5-2-6-10-14/h1-3,5-7,9-10,12,16H,4,8,11H2. The first kappa shape index (κ1) is 11.1. The van der Waals surface area contributed by atoms with Crippen molar-refractivity contribution in [3.05, 3.63) is 66.0 Å². The molecule has 1 aromatic carbocycles. The fraction of sp³-hybridized carbons (Fsp3) is 0.250. The number of hydrogen-bond acceptors (Lipinski definition) is 2. The summed E-state index contributed by atoms with van der Waals surface area (Å²) in [5, 5.41) is 0. The Morgan fingerprint density at radius 1 is 1.17 bits per heavy atom. The van der Waals surface area contributed by atoms with E-state index in [1.807, 2.05) is 30.3 Å². The summed E-state index contributed by atoms with van der Waals surface area (Å²) in [6.45, 7) is 0. The minimum absolute atomic E-state index is 0.169. The molecule has 1 atom stereocenters. The highest BCUT2D eigenvalue weighted by Crippen LogP contribution is 2.29. The zero-order valence-electron chi connectivity index (χ0n) is 10.2. The topological polar surface area (TPSA) is 18.5 Å². The van der Waals surface area contributed by atoms with Crippen LogP contribution in [-0.2, 0) is 9.47 Å². The number of ether oxygens (including phenoxy) is 2. The van der Waals surface area contributed by atoms with Gasteiger partial charge in [-0.3, -0.25) is 0 Å². The third-order valence-corrected chi connectivity index (χ3v) is 3.17. The lowest BCUT2D eigenvalue weighted by molar-refractivity contribution is -0.0140. The molecular weight excluding hydrogens is 224 g/mol. The smallest absolute Gasteiger partial charge is 0.244 e. The van der Waals surface area contributed by atoms with Gasteiger partial charge in [0.1, 0.15) is 6.26 Å². The molecule has 18 heavy (non-hydrogen) atoms. The van der Waals surface area contributed by atoms with Crippen LogP contribution in [0.5, 0.6) is 0 Å². The number of allylic oxidation sites excluding steroid dienone is 3. The van der Waals surface area contributed by atoms with Gasteiger partial charge in [0.25, 0.3) is 0 Å². The quantitative estimate of drug-likeness (QED) is 0.794. The molecular formula is C16H16O2. The van der Waals surface area contributed by atoms with Crippen LogP contribution in [0, 0.1) is 0 Å². The van der Waals surface area contributed by atoms with Crippen LogP contribution in [0.3, 0.4) is 0 Å². The highest BCUT2D eigenvalue weighted by Gasteiger charge is 2.21. The molecule has 0 radical (unpaired) electrons. The van der Waals surface area contributed by atoms with E-state index in [-0.39, 0.29) is 6.29 Å². The van der Waals surface area contributed by atoms with E-state index in [0.717, 1.165) is 30.6 Å². The van der Waals surface area contributed by atoms with E-state index in [1.165, 1.54) is 5.57 Å². The molecule has 2 nitrogen and oxygen atoms in total. The Morgan fingerprint density at radius 3 is 2.83 bits per heavy atom. The van der Waals surface area contributed by atoms with Gasteiger partial charge >= 0.3 is 0 Å². The van der Waals surface area contributed by atoms with Crippen LogP contribution in [0.4, 0.5) is 0 Å². The summed E-state index contributed by atoms with van der Waals surface area (Å²) in [4.78, 5) is 0. The first-order chi connectivity index (χ1) is 8.92. The minimum atomic E-state index is -0.169. The first-order valence-corrected chi connectivity index (χ1v) is 6.34. The summed E-state index contributed by atoms with van der Waals surface area (Å²) >= 11 is 0. The van der Waals surface area contributed by atoms with Gasteiger partial charge in [0.15, 0.2) is 5.76 Å². The lowest BCUT2D eigenvalue weighted by Gasteiger charge is -2.15. The number of rotatable bonds is 3. The maximum atomic E-state index is 5.82. The molecule has 1 aliphatic carbocycles. The molecule has 1 aromatic rings. The molecule has 0 aromatic heterocycles. The molecule has 0 N–H and O–H groups in total. The van der Waals surface area contributed by atoms with Crippen LogP contribution >= 0.6 is 0 Å². The summed E-state index contributed by atoms with van der Waals surface area (Å²) in [7, 11) is 0. The van der Waals surface area contributed by atoms with Gasteiger partial charge in [-0.25, -0.2) is 0 Å². The zero-order valence-corrected chi connectivity index (χ0v) is 10.2. The van der Waals surface area contributed by atoms with Gasteiger partial charge in [-0.05, 0) is 12.8 Å². The summed E-state index contributed by atoms with van der Waals surface area (Å²) in [5.41, 5.74) is 2.46. The van der Waals surface area contributed by atoms with E-state index in [0.29, 0.717) is 0 Å². The Hall–Kier alpha value is -1.96. The largest absolute Gasteiger partial charge is 0.458 e. The number of hydrogen-bond donors (Lipinski definition) is 0. The lowest BCUT2D eigenvalue weighted by Crippen LogP contribution is -2.10. The van der Waals surface area contributed by atoms with Gasteiger partial charge in [0.05, 0.1) is 0 Å². The number of benzene rings is 1. The van der Waals surface area contributed by atoms with Gasteiger partial charge in [-0.1, -0.05) is 54.1 Å². The van der Waals surface area contributed by atoms with Crippen molar-refractivity contribution < 1.29 is 9.47 Å². The maximum absolute atomic E-state index is 5.82. The fourth-order valence-electron chi connectivity index (χ4n) is 2.20. The zero-order chi connectivity index (χ0) is 12.2. The molecule has 3 rings (SSSR count). The average molecular weight is 240 g/mol. The molecule has 0 bridgehead atoms. The molecule has 0 spiro atoms. The molecule has 2 heteroatoms. The van der Waals surface area contributed by atoms with Crippen LogP contribution < -0.4 is 0 Å². The Bertz CT molecular complexity index is 497. The lowest BCUT2D eigenvalue weighted by atomic mass is 10.0. The van der Waals surface area contributed by atoms with Crippen LogP contribution in [-0.4, -0.2) is 6.29 Å². The SMILES string of the molecule is C1=CCCC(CC2OC=C(c3ccccc3)O2)=C1. The summed E-state index contributed by atoms with van der Waals surface area (Å²) < 4.78 is 11.4. The monoisotopic (exact) mass is 240 g/mol. The summed E-state index contributed by atoms with van der Waals surface area (Å²) in [6.07, 6.45) is 11.1. The second-order valence-electron chi connectivity index (χ2n) is 4.53. The van der Waals surface area contributed by atoms with Crippen molar-refractivity contribution in [2.24, 2.45) is 0 Å². The van der Waals surface area contributed by atoms with Gasteiger partial charge in [0.2, 0.25) is 6.29 Å². The molecule has 1 aliphatic heterocycles. The molecule has 2 aliphatic rings. The molecule has 1 heterocycles. The van der Waals surface area contributed by atoms with Crippen LogP contribution in [0.25, 0.3) is 5.76 Å². The van der Waals surface area contributed by atoms with Crippen LogP contribution in [0.1, 0.15) is 24.8 Å². The first-order valence-electron chi connectivity index (χ1n) is 6.34. The predicted octanol–water partition coefficient (Wildman–Crippen LogP) is 4.02. The predicted molar refractivity (Wildman–Crippen MR) is 71.5 cm³/mol. The third kappa shape index (κ3) is 2.48. The van der Waals surface area contributed by atoms with Crippen LogP contribution in [0.15, 0.2) is 60.4 Å². The van der Waals surface area contributed by atoms with Crippen molar-refractivity contribution in [3.8, 4) is 0 Å². The summed E-state index contributed by atoms with van der Waals surface area (Å²) in [5.74, 6) is 0.826. The Kier molecular flexibility index (Phi) is 3.18. The van der Waals surface area contributed by atoms with E-state index in [1.54, 1.807) is 6.26 Å². The highest BCUT2D eigenvalue weighted by atomic mass is 16.7. The van der Waals surface area contributed by atoms with Crippen LogP contribution in [0.2, 0.25) is 0 Å². The third-order valence-electron chi connectivity index (χ3n) is 3.17. The average Bonchev–Trinajstić information content (AvgIpc) is 2.89. The van der Waals surface area contributed by atoms with Gasteiger partial charge < -0.3 is 9.47 Å². The highest BCUT2D eigenvalue weighted by molar-refractivity contribution is 5.59.